The van der Waals surface area contributed by atoms with Crippen molar-refractivity contribution in [2.45, 2.75) is 58.5 Å². The topological polar surface area (TPSA) is 26.3 Å². The molecule has 1 aliphatic heterocycles. The molecule has 1 aromatic rings. The van der Waals surface area contributed by atoms with E-state index in [1.165, 1.54) is 24.8 Å². The second kappa shape index (κ2) is 7.64. The molecule has 2 nitrogen and oxygen atoms in total. The SMILES string of the molecule is [CH2-]c1c([C@@]2(C)CCCC(C)(C)C2)ccc2c1C(=O)OC2.[CH3-].[Co].[Co]. The molecule has 1 saturated carbocycles. The van der Waals surface area contributed by atoms with Gasteiger partial charge in [0.05, 0.1) is 0 Å². The molecule has 2 aliphatic rings. The van der Waals surface area contributed by atoms with Gasteiger partial charge in [-0.2, -0.15) is 12.5 Å². The van der Waals surface area contributed by atoms with E-state index in [2.05, 4.69) is 39.8 Å². The number of benzene rings is 1. The molecule has 0 amide bonds. The van der Waals surface area contributed by atoms with E-state index in [1.54, 1.807) is 0 Å². The summed E-state index contributed by atoms with van der Waals surface area (Å²) < 4.78 is 5.14. The minimum atomic E-state index is -0.203. The molecule has 134 valence electrons. The monoisotopic (exact) mass is 404 g/mol. The molecule has 23 heavy (non-hydrogen) atoms. The third kappa shape index (κ3) is 3.98. The molecule has 4 heteroatoms. The van der Waals surface area contributed by atoms with Crippen LogP contribution in [0.3, 0.4) is 0 Å². The number of ether oxygens (including phenoxy) is 1. The maximum atomic E-state index is 11.9. The van der Waals surface area contributed by atoms with Gasteiger partial charge >= 0.3 is 0 Å². The van der Waals surface area contributed by atoms with Crippen molar-refractivity contribution in [2.24, 2.45) is 5.41 Å². The van der Waals surface area contributed by atoms with Crippen LogP contribution >= 0.6 is 0 Å². The van der Waals surface area contributed by atoms with Crippen LogP contribution in [-0.2, 0) is 50.3 Å². The zero-order chi connectivity index (χ0) is 14.5. The molecule has 0 aromatic heterocycles. The second-order valence-electron chi connectivity index (χ2n) is 7.46. The molecule has 0 saturated heterocycles. The molecule has 1 aliphatic carbocycles. The first-order chi connectivity index (χ1) is 9.32. The molecule has 0 bridgehead atoms. The number of fused-ring (bicyclic) bond motifs is 1. The summed E-state index contributed by atoms with van der Waals surface area (Å²) in [5.74, 6) is -0.203. The summed E-state index contributed by atoms with van der Waals surface area (Å²) in [5.41, 5.74) is 4.32. The van der Waals surface area contributed by atoms with E-state index in [1.807, 2.05) is 0 Å². The summed E-state index contributed by atoms with van der Waals surface area (Å²) in [5, 5.41) is 0. The van der Waals surface area contributed by atoms with Gasteiger partial charge in [-0.15, -0.1) is 11.6 Å². The Morgan fingerprint density at radius 1 is 1.13 bits per heavy atom. The summed E-state index contributed by atoms with van der Waals surface area (Å²) in [6.07, 6.45) is 4.84. The van der Waals surface area contributed by atoms with E-state index < -0.39 is 0 Å². The summed E-state index contributed by atoms with van der Waals surface area (Å²) >= 11 is 0. The number of carbonyl (C=O) groups is 1. The third-order valence-corrected chi connectivity index (χ3v) is 5.06. The van der Waals surface area contributed by atoms with Crippen molar-refractivity contribution in [1.29, 1.82) is 0 Å². The van der Waals surface area contributed by atoms with E-state index in [0.29, 0.717) is 17.6 Å². The van der Waals surface area contributed by atoms with Gasteiger partial charge in [-0.3, -0.25) is 4.79 Å². The van der Waals surface area contributed by atoms with Crippen molar-refractivity contribution in [3.63, 3.8) is 0 Å². The van der Waals surface area contributed by atoms with Gasteiger partial charge in [-0.25, -0.2) is 0 Å². The van der Waals surface area contributed by atoms with E-state index in [9.17, 15) is 4.79 Å². The van der Waals surface area contributed by atoms with Crippen LogP contribution in [0.5, 0.6) is 0 Å². The van der Waals surface area contributed by atoms with Crippen LogP contribution in [-0.4, -0.2) is 5.97 Å². The maximum Gasteiger partial charge on any atom is 0.282 e. The zero-order valence-electron chi connectivity index (χ0n) is 14.4. The van der Waals surface area contributed by atoms with Crippen LogP contribution < -0.4 is 0 Å². The summed E-state index contributed by atoms with van der Waals surface area (Å²) in [6, 6.07) is 4.22. The first kappa shape index (κ1) is 22.6. The molecule has 0 spiro atoms. The molecule has 3 rings (SSSR count). The van der Waals surface area contributed by atoms with E-state index in [-0.39, 0.29) is 52.4 Å². The van der Waals surface area contributed by atoms with Crippen molar-refractivity contribution < 1.29 is 43.1 Å². The Morgan fingerprint density at radius 2 is 1.78 bits per heavy atom. The molecular weight excluding hydrogens is 378 g/mol. The zero-order valence-corrected chi connectivity index (χ0v) is 16.5. The summed E-state index contributed by atoms with van der Waals surface area (Å²) in [4.78, 5) is 11.9. The number of rotatable bonds is 1. The molecule has 1 aromatic carbocycles. The Hall–Kier alpha value is -0.427. The van der Waals surface area contributed by atoms with Crippen molar-refractivity contribution in [1.82, 2.24) is 0 Å². The number of cyclic esters (lactones) is 1. The predicted octanol–water partition coefficient (Wildman–Crippen LogP) is 4.84. The minimum absolute atomic E-state index is 0. The first-order valence-corrected chi connectivity index (χ1v) is 7.48. The smallest absolute Gasteiger partial charge is 0.282 e. The van der Waals surface area contributed by atoms with Crippen LogP contribution in [0.2, 0.25) is 0 Å². The van der Waals surface area contributed by atoms with Gasteiger partial charge in [-0.1, -0.05) is 50.7 Å². The Bertz CT molecular complexity index is 581. The van der Waals surface area contributed by atoms with Crippen LogP contribution in [0.1, 0.15) is 73.5 Å². The average molecular weight is 404 g/mol. The second-order valence-corrected chi connectivity index (χ2v) is 7.46. The van der Waals surface area contributed by atoms with Gasteiger partial charge in [0.15, 0.2) is 0 Å². The van der Waals surface area contributed by atoms with Crippen LogP contribution in [0.15, 0.2) is 12.1 Å². The van der Waals surface area contributed by atoms with Crippen LogP contribution in [0, 0.1) is 19.8 Å². The Kier molecular flexibility index (Phi) is 7.50. The van der Waals surface area contributed by atoms with E-state index in [0.717, 1.165) is 17.5 Å². The van der Waals surface area contributed by atoms with E-state index >= 15 is 0 Å². The standard InChI is InChI=1S/C18H23O2.CH3.2Co/c1-12-14(7-6-13-10-20-16(19)15(12)13)18(4)9-5-8-17(2,3)11-18;;;/h6-7H,1,5,8-11H2,2-4H3;1H3;;/q2*-1;;/t18-;;;/m0.../s1. The van der Waals surface area contributed by atoms with Gasteiger partial charge in [0.2, 0.25) is 0 Å². The van der Waals surface area contributed by atoms with Crippen molar-refractivity contribution in [2.75, 3.05) is 0 Å². The minimum Gasteiger partial charge on any atom is -0.467 e. The molecule has 1 fully saturated rings. The fourth-order valence-electron chi connectivity index (χ4n) is 4.27. The molecular formula is C19H26Co2O2-2. The Labute approximate surface area is 161 Å². The molecule has 2 radical (unpaired) electrons. The third-order valence-electron chi connectivity index (χ3n) is 5.06. The van der Waals surface area contributed by atoms with Gasteiger partial charge in [0.25, 0.3) is 5.97 Å². The van der Waals surface area contributed by atoms with Gasteiger partial charge in [-0.05, 0) is 23.8 Å². The molecule has 1 atom stereocenters. The fourth-order valence-corrected chi connectivity index (χ4v) is 4.27. The predicted molar refractivity (Wildman–Crippen MR) is 86.0 cm³/mol. The van der Waals surface area contributed by atoms with Crippen molar-refractivity contribution >= 4 is 5.97 Å². The fraction of sp³-hybridized carbons (Fsp3) is 0.526. The maximum absolute atomic E-state index is 11.9. The first-order valence-electron chi connectivity index (χ1n) is 7.48. The van der Waals surface area contributed by atoms with Crippen molar-refractivity contribution in [3.05, 3.63) is 48.7 Å². The largest absolute Gasteiger partial charge is 0.467 e. The molecule has 1 heterocycles. The number of hydrogen-bond acceptors (Lipinski definition) is 2. The number of hydrogen-bond donors (Lipinski definition) is 0. The Balaban J connectivity index is 0.00000161. The number of esters is 1. The van der Waals surface area contributed by atoms with Crippen molar-refractivity contribution in [3.8, 4) is 0 Å². The number of carbonyl (C=O) groups excluding carboxylic acids is 1. The van der Waals surface area contributed by atoms with Gasteiger partial charge in [0, 0.05) is 33.6 Å². The average Bonchev–Trinajstić information content (AvgIpc) is 2.70. The molecule has 0 unspecified atom stereocenters. The normalized spacial score (nSPS) is 24.4. The van der Waals surface area contributed by atoms with Crippen LogP contribution in [0.25, 0.3) is 0 Å². The van der Waals surface area contributed by atoms with Crippen LogP contribution in [0.4, 0.5) is 0 Å². The quantitative estimate of drug-likeness (QED) is 0.495. The summed E-state index contributed by atoms with van der Waals surface area (Å²) in [6.45, 7) is 11.6. The Morgan fingerprint density at radius 3 is 2.39 bits per heavy atom. The molecule has 0 N–H and O–H groups in total. The summed E-state index contributed by atoms with van der Waals surface area (Å²) in [7, 11) is 0. The van der Waals surface area contributed by atoms with Gasteiger partial charge in [0.1, 0.15) is 6.61 Å². The van der Waals surface area contributed by atoms with Gasteiger partial charge < -0.3 is 12.2 Å². The van der Waals surface area contributed by atoms with E-state index in [4.69, 9.17) is 4.74 Å².